The van der Waals surface area contributed by atoms with Gasteiger partial charge in [0.15, 0.2) is 0 Å². The minimum atomic E-state index is -0.459. The second kappa shape index (κ2) is 4.30. The molecule has 0 aliphatic carbocycles. The molecule has 0 atom stereocenters. The molecule has 2 nitrogen and oxygen atoms in total. The highest BCUT2D eigenvalue weighted by molar-refractivity contribution is 6.43. The summed E-state index contributed by atoms with van der Waals surface area (Å²) in [4.78, 5) is 11.3. The summed E-state index contributed by atoms with van der Waals surface area (Å²) >= 11 is 10.6. The maximum atomic E-state index is 11.3. The first kappa shape index (κ1) is 10.1. The van der Waals surface area contributed by atoms with Crippen LogP contribution < -0.4 is 0 Å². The van der Waals surface area contributed by atoms with Crippen molar-refractivity contribution in [2.24, 2.45) is 0 Å². The van der Waals surface area contributed by atoms with E-state index in [4.69, 9.17) is 23.6 Å². The number of hydrogen-bond acceptors (Lipinski definition) is 1. The number of amides is 1. The van der Waals surface area contributed by atoms with Crippen molar-refractivity contribution < 1.29 is 4.79 Å². The van der Waals surface area contributed by atoms with Crippen LogP contribution >= 0.6 is 23.6 Å². The Hall–Kier alpha value is -0.990. The number of hydrogen-bond donors (Lipinski definition) is 0. The molecule has 1 rings (SSSR count). The molecular formula is C9H7Cl2NO. The summed E-state index contributed by atoms with van der Waals surface area (Å²) in [5, 5.41) is 0. The van der Waals surface area contributed by atoms with Gasteiger partial charge >= 0.3 is 0 Å². The summed E-state index contributed by atoms with van der Waals surface area (Å²) in [6.07, 6.45) is 1.57. The van der Waals surface area contributed by atoms with E-state index in [1.165, 1.54) is 0 Å². The molecule has 0 saturated carbocycles. The van der Waals surface area contributed by atoms with Crippen LogP contribution in [0.4, 0.5) is 0 Å². The predicted octanol–water partition coefficient (Wildman–Crippen LogP) is 3.08. The van der Waals surface area contributed by atoms with E-state index in [-0.39, 0.29) is 0 Å². The fourth-order valence-electron chi connectivity index (χ4n) is 0.961. The molecule has 0 N–H and O–H groups in total. The van der Waals surface area contributed by atoms with E-state index >= 15 is 0 Å². The lowest BCUT2D eigenvalue weighted by molar-refractivity contribution is 0.0924. The standard InChI is InChI=1S/C9H7Cl2NO/c1-2-7-5-3-4-6-8(7)9(13)12(10)11/h2-6H,1H2. The summed E-state index contributed by atoms with van der Waals surface area (Å²) in [6.45, 7) is 3.58. The van der Waals surface area contributed by atoms with Gasteiger partial charge < -0.3 is 0 Å². The molecule has 13 heavy (non-hydrogen) atoms. The van der Waals surface area contributed by atoms with Gasteiger partial charge in [0.1, 0.15) is 0 Å². The average Bonchev–Trinajstić information content (AvgIpc) is 2.16. The van der Waals surface area contributed by atoms with Crippen molar-refractivity contribution in [3.05, 3.63) is 42.0 Å². The van der Waals surface area contributed by atoms with Crippen LogP contribution in [-0.4, -0.2) is 9.85 Å². The van der Waals surface area contributed by atoms with E-state index in [1.807, 2.05) is 0 Å². The summed E-state index contributed by atoms with van der Waals surface area (Å²) in [5.74, 6) is -0.459. The molecular weight excluding hydrogens is 209 g/mol. The number of halogens is 2. The predicted molar refractivity (Wildman–Crippen MR) is 54.4 cm³/mol. The van der Waals surface area contributed by atoms with Gasteiger partial charge in [-0.2, -0.15) is 3.94 Å². The van der Waals surface area contributed by atoms with Gasteiger partial charge in [0.25, 0.3) is 5.91 Å². The average molecular weight is 216 g/mol. The highest BCUT2D eigenvalue weighted by Crippen LogP contribution is 2.15. The van der Waals surface area contributed by atoms with Gasteiger partial charge in [0.2, 0.25) is 0 Å². The van der Waals surface area contributed by atoms with Gasteiger partial charge in [0.05, 0.1) is 0 Å². The largest absolute Gasteiger partial charge is 0.283 e. The molecule has 0 aliphatic rings. The van der Waals surface area contributed by atoms with Crippen molar-refractivity contribution in [3.63, 3.8) is 0 Å². The SMILES string of the molecule is C=Cc1ccccc1C(=O)N(Cl)Cl. The molecule has 0 heterocycles. The topological polar surface area (TPSA) is 20.3 Å². The van der Waals surface area contributed by atoms with Crippen LogP contribution in [0.25, 0.3) is 6.08 Å². The quantitative estimate of drug-likeness (QED) is 0.695. The van der Waals surface area contributed by atoms with Gasteiger partial charge in [0, 0.05) is 29.1 Å². The Kier molecular flexibility index (Phi) is 3.34. The van der Waals surface area contributed by atoms with Gasteiger partial charge in [-0.3, -0.25) is 4.79 Å². The minimum absolute atomic E-state index is 0.433. The molecule has 0 bridgehead atoms. The Balaban J connectivity index is 3.13. The summed E-state index contributed by atoms with van der Waals surface area (Å²) in [7, 11) is 0. The van der Waals surface area contributed by atoms with E-state index in [2.05, 4.69) is 6.58 Å². The summed E-state index contributed by atoms with van der Waals surface area (Å²) < 4.78 is 0.502. The second-order valence-corrected chi connectivity index (χ2v) is 3.18. The zero-order chi connectivity index (χ0) is 9.84. The molecule has 0 saturated heterocycles. The Morgan fingerprint density at radius 1 is 1.38 bits per heavy atom. The van der Waals surface area contributed by atoms with Crippen LogP contribution in [0.1, 0.15) is 15.9 Å². The summed E-state index contributed by atoms with van der Waals surface area (Å²) in [5.41, 5.74) is 1.14. The molecule has 0 fully saturated rings. The Morgan fingerprint density at radius 2 is 2.00 bits per heavy atom. The fraction of sp³-hybridized carbons (Fsp3) is 0. The number of carbonyl (C=O) groups excluding carboxylic acids is 1. The maximum Gasteiger partial charge on any atom is 0.283 e. The zero-order valence-corrected chi connectivity index (χ0v) is 8.22. The highest BCUT2D eigenvalue weighted by atomic mass is 35.5. The lowest BCUT2D eigenvalue weighted by Crippen LogP contribution is -2.12. The monoisotopic (exact) mass is 215 g/mol. The third kappa shape index (κ3) is 2.23. The Bertz CT molecular complexity index is 336. The lowest BCUT2D eigenvalue weighted by atomic mass is 10.1. The minimum Gasteiger partial charge on any atom is -0.266 e. The van der Waals surface area contributed by atoms with Crippen LogP contribution in [0.15, 0.2) is 30.8 Å². The third-order valence-electron chi connectivity index (χ3n) is 1.56. The van der Waals surface area contributed by atoms with Crippen molar-refractivity contribution in [3.8, 4) is 0 Å². The molecule has 0 aliphatic heterocycles. The van der Waals surface area contributed by atoms with E-state index in [1.54, 1.807) is 30.3 Å². The van der Waals surface area contributed by atoms with Crippen LogP contribution in [-0.2, 0) is 0 Å². The normalized spacial score (nSPS) is 9.38. The molecule has 4 heteroatoms. The van der Waals surface area contributed by atoms with Crippen molar-refractivity contribution in [2.45, 2.75) is 0 Å². The zero-order valence-electron chi connectivity index (χ0n) is 6.71. The fourth-order valence-corrected chi connectivity index (χ4v) is 1.14. The van der Waals surface area contributed by atoms with Gasteiger partial charge in [-0.1, -0.05) is 30.9 Å². The van der Waals surface area contributed by atoms with E-state index in [0.717, 1.165) is 0 Å². The molecule has 68 valence electrons. The smallest absolute Gasteiger partial charge is 0.266 e. The van der Waals surface area contributed by atoms with E-state index in [0.29, 0.717) is 15.1 Å². The second-order valence-electron chi connectivity index (χ2n) is 2.33. The molecule has 1 aromatic carbocycles. The maximum absolute atomic E-state index is 11.3. The van der Waals surface area contributed by atoms with E-state index in [9.17, 15) is 4.79 Å². The van der Waals surface area contributed by atoms with E-state index < -0.39 is 5.91 Å². The highest BCUT2D eigenvalue weighted by Gasteiger charge is 2.13. The van der Waals surface area contributed by atoms with Gasteiger partial charge in [-0.25, -0.2) is 0 Å². The number of nitrogens with zero attached hydrogens (tertiary/aromatic N) is 1. The van der Waals surface area contributed by atoms with Crippen molar-refractivity contribution >= 4 is 35.5 Å². The first-order chi connectivity index (χ1) is 6.16. The first-order valence-corrected chi connectivity index (χ1v) is 4.22. The lowest BCUT2D eigenvalue weighted by Gasteiger charge is -2.06. The van der Waals surface area contributed by atoms with Crippen molar-refractivity contribution in [1.82, 2.24) is 3.94 Å². The molecule has 1 aromatic rings. The van der Waals surface area contributed by atoms with Crippen LogP contribution in [0.2, 0.25) is 0 Å². The van der Waals surface area contributed by atoms with Crippen LogP contribution in [0.5, 0.6) is 0 Å². The Labute approximate surface area is 86.6 Å². The first-order valence-electron chi connectivity index (χ1n) is 3.54. The number of rotatable bonds is 2. The number of carbonyl (C=O) groups is 1. The van der Waals surface area contributed by atoms with Crippen LogP contribution in [0.3, 0.4) is 0 Å². The molecule has 0 spiro atoms. The van der Waals surface area contributed by atoms with Crippen LogP contribution in [0, 0.1) is 0 Å². The molecule has 0 radical (unpaired) electrons. The Morgan fingerprint density at radius 3 is 2.54 bits per heavy atom. The molecule has 0 aromatic heterocycles. The van der Waals surface area contributed by atoms with Crippen molar-refractivity contribution in [2.75, 3.05) is 0 Å². The third-order valence-corrected chi connectivity index (χ3v) is 1.87. The summed E-state index contributed by atoms with van der Waals surface area (Å²) in [6, 6.07) is 6.94. The van der Waals surface area contributed by atoms with Gasteiger partial charge in [-0.15, -0.1) is 0 Å². The van der Waals surface area contributed by atoms with Gasteiger partial charge in [-0.05, 0) is 11.6 Å². The van der Waals surface area contributed by atoms with Crippen molar-refractivity contribution in [1.29, 1.82) is 0 Å². The number of benzene rings is 1. The molecule has 0 unspecified atom stereocenters. The molecule has 1 amide bonds.